The van der Waals surface area contributed by atoms with Gasteiger partial charge in [-0.15, -0.1) is 18.2 Å². The zero-order valence-corrected chi connectivity index (χ0v) is 11.0. The molecule has 0 bridgehead atoms. The van der Waals surface area contributed by atoms with Gasteiger partial charge in [0.1, 0.15) is 0 Å². The number of carbonyl (C=O) groups is 1. The average Bonchev–Trinajstić information content (AvgIpc) is 2.56. The summed E-state index contributed by atoms with van der Waals surface area (Å²) in [4.78, 5) is 24.4. The Morgan fingerprint density at radius 3 is 2.82 bits per heavy atom. The predicted octanol–water partition coefficient (Wildman–Crippen LogP) is 1.49. The summed E-state index contributed by atoms with van der Waals surface area (Å²) in [5.41, 5.74) is -0.651. The molecular formula is C10H11ClN2O3S. The number of halogens is 1. The van der Waals surface area contributed by atoms with E-state index in [0.717, 1.165) is 0 Å². The summed E-state index contributed by atoms with van der Waals surface area (Å²) in [6, 6.07) is -0.579. The van der Waals surface area contributed by atoms with E-state index in [1.807, 2.05) is 0 Å². The Balaban J connectivity index is 2.97. The molecule has 0 fully saturated rings. The van der Waals surface area contributed by atoms with Crippen LogP contribution in [0.1, 0.15) is 5.76 Å². The Labute approximate surface area is 108 Å². The minimum atomic E-state index is -0.651. The zero-order chi connectivity index (χ0) is 13.0. The Morgan fingerprint density at radius 1 is 1.65 bits per heavy atom. The molecule has 0 aliphatic rings. The van der Waals surface area contributed by atoms with Gasteiger partial charge in [0.25, 0.3) is 0 Å². The monoisotopic (exact) mass is 274 g/mol. The number of nitrogens with zero attached hydrogens (tertiary/aromatic N) is 2. The highest BCUT2D eigenvalue weighted by Gasteiger charge is 2.20. The first-order valence-corrected chi connectivity index (χ1v) is 6.15. The Morgan fingerprint density at radius 2 is 2.29 bits per heavy atom. The highest BCUT2D eigenvalue weighted by Crippen LogP contribution is 2.18. The van der Waals surface area contributed by atoms with Crippen molar-refractivity contribution in [3.05, 3.63) is 21.1 Å². The molecule has 0 atom stereocenters. The van der Waals surface area contributed by atoms with E-state index in [4.69, 9.17) is 22.5 Å². The summed E-state index contributed by atoms with van der Waals surface area (Å²) < 4.78 is 5.74. The second kappa shape index (κ2) is 5.84. The summed E-state index contributed by atoms with van der Waals surface area (Å²) in [6.45, 7) is 0. The molecule has 0 N–H and O–H groups in total. The summed E-state index contributed by atoms with van der Waals surface area (Å²) >= 11 is 7.15. The lowest BCUT2D eigenvalue weighted by Gasteiger charge is -2.07. The van der Waals surface area contributed by atoms with E-state index < -0.39 is 11.6 Å². The van der Waals surface area contributed by atoms with Crippen molar-refractivity contribution < 1.29 is 9.32 Å². The third kappa shape index (κ3) is 3.08. The van der Waals surface area contributed by atoms with Gasteiger partial charge >= 0.3 is 11.6 Å². The summed E-state index contributed by atoms with van der Waals surface area (Å²) in [5.74, 6) is 3.53. The van der Waals surface area contributed by atoms with Crippen molar-refractivity contribution in [3.63, 3.8) is 0 Å². The molecular weight excluding hydrogens is 264 g/mol. The van der Waals surface area contributed by atoms with Crippen molar-refractivity contribution in [1.82, 2.24) is 9.64 Å². The number of hydrogen-bond donors (Lipinski definition) is 0. The normalized spacial score (nSPS) is 10.0. The lowest BCUT2D eigenvalue weighted by atomic mass is 10.5. The number of amides is 1. The van der Waals surface area contributed by atoms with Crippen LogP contribution in [0.3, 0.4) is 0 Å². The van der Waals surface area contributed by atoms with E-state index in [0.29, 0.717) is 16.2 Å². The van der Waals surface area contributed by atoms with Crippen molar-refractivity contribution in [2.45, 2.75) is 5.75 Å². The highest BCUT2D eigenvalue weighted by atomic mass is 35.5. The molecule has 0 aliphatic heterocycles. The topological polar surface area (TPSA) is 55.5 Å². The summed E-state index contributed by atoms with van der Waals surface area (Å²) in [6.07, 6.45) is 5.09. The van der Waals surface area contributed by atoms with Crippen LogP contribution in [-0.2, 0) is 5.75 Å². The Bertz CT molecular complexity index is 513. The number of rotatable bonds is 3. The average molecular weight is 275 g/mol. The molecule has 1 heterocycles. The second-order valence-electron chi connectivity index (χ2n) is 3.30. The molecule has 7 heteroatoms. The van der Waals surface area contributed by atoms with Crippen LogP contribution in [0.15, 0.2) is 9.32 Å². The molecule has 0 saturated carbocycles. The van der Waals surface area contributed by atoms with Crippen molar-refractivity contribution >= 4 is 29.4 Å². The lowest BCUT2D eigenvalue weighted by molar-refractivity contribution is 0.182. The third-order valence-corrected chi connectivity index (χ3v) is 3.00. The lowest BCUT2D eigenvalue weighted by Crippen LogP contribution is -2.33. The maximum Gasteiger partial charge on any atom is 0.360 e. The van der Waals surface area contributed by atoms with Gasteiger partial charge in [0.15, 0.2) is 10.8 Å². The van der Waals surface area contributed by atoms with Crippen LogP contribution in [0, 0.1) is 12.3 Å². The predicted molar refractivity (Wildman–Crippen MR) is 67.5 cm³/mol. The quantitative estimate of drug-likeness (QED) is 0.619. The van der Waals surface area contributed by atoms with Crippen molar-refractivity contribution in [1.29, 1.82) is 0 Å². The maximum atomic E-state index is 11.6. The fourth-order valence-corrected chi connectivity index (χ4v) is 1.86. The van der Waals surface area contributed by atoms with Crippen molar-refractivity contribution in [2.75, 3.05) is 19.8 Å². The van der Waals surface area contributed by atoms with Gasteiger partial charge in [-0.2, -0.15) is 0 Å². The van der Waals surface area contributed by atoms with Crippen molar-refractivity contribution in [3.8, 4) is 12.3 Å². The Kier molecular flexibility index (Phi) is 4.73. The van der Waals surface area contributed by atoms with Crippen LogP contribution in [0.5, 0.6) is 0 Å². The molecule has 0 unspecified atom stereocenters. The standard InChI is InChI=1S/C10H11ClN2O3S/c1-4-5-17-6-7-8(11)9(14)13(16-7)10(15)12(2)3/h1H,5-6H2,2-3H3. The van der Waals surface area contributed by atoms with Crippen LogP contribution >= 0.6 is 23.4 Å². The fraction of sp³-hybridized carbons (Fsp3) is 0.400. The highest BCUT2D eigenvalue weighted by molar-refractivity contribution is 7.98. The van der Waals surface area contributed by atoms with Gasteiger partial charge in [0, 0.05) is 14.1 Å². The number of thioether (sulfide) groups is 1. The number of hydrogen-bond acceptors (Lipinski definition) is 4. The molecule has 1 amide bonds. The maximum absolute atomic E-state index is 11.6. The first-order chi connectivity index (χ1) is 7.99. The Hall–Kier alpha value is -1.32. The van der Waals surface area contributed by atoms with E-state index in [1.54, 1.807) is 0 Å². The third-order valence-electron chi connectivity index (χ3n) is 1.79. The minimum absolute atomic E-state index is 0.0790. The molecule has 17 heavy (non-hydrogen) atoms. The first kappa shape index (κ1) is 13.7. The van der Waals surface area contributed by atoms with E-state index >= 15 is 0 Å². The van der Waals surface area contributed by atoms with Crippen LogP contribution in [0.4, 0.5) is 4.79 Å². The molecule has 0 saturated heterocycles. The molecule has 1 aromatic rings. The number of terminal acetylenes is 1. The van der Waals surface area contributed by atoms with Gasteiger partial charge in [-0.05, 0) is 0 Å². The van der Waals surface area contributed by atoms with Crippen LogP contribution < -0.4 is 5.56 Å². The molecule has 1 aromatic heterocycles. The summed E-state index contributed by atoms with van der Waals surface area (Å²) in [7, 11) is 3.02. The molecule has 92 valence electrons. The van der Waals surface area contributed by atoms with E-state index in [2.05, 4.69) is 5.92 Å². The van der Waals surface area contributed by atoms with Crippen LogP contribution in [0.2, 0.25) is 5.02 Å². The van der Waals surface area contributed by atoms with Crippen LogP contribution in [0.25, 0.3) is 0 Å². The van der Waals surface area contributed by atoms with E-state index in [9.17, 15) is 9.59 Å². The molecule has 5 nitrogen and oxygen atoms in total. The first-order valence-electron chi connectivity index (χ1n) is 4.62. The molecule has 0 radical (unpaired) electrons. The molecule has 0 aliphatic carbocycles. The fourth-order valence-electron chi connectivity index (χ4n) is 1.00. The van der Waals surface area contributed by atoms with E-state index in [-0.39, 0.29) is 10.8 Å². The van der Waals surface area contributed by atoms with Gasteiger partial charge in [0.2, 0.25) is 0 Å². The molecule has 0 spiro atoms. The van der Waals surface area contributed by atoms with Gasteiger partial charge in [-0.3, -0.25) is 4.79 Å². The van der Waals surface area contributed by atoms with Crippen molar-refractivity contribution in [2.24, 2.45) is 0 Å². The van der Waals surface area contributed by atoms with Gasteiger partial charge in [0.05, 0.1) is 11.5 Å². The molecule has 0 aromatic carbocycles. The van der Waals surface area contributed by atoms with Gasteiger partial charge in [-0.1, -0.05) is 22.3 Å². The summed E-state index contributed by atoms with van der Waals surface area (Å²) in [5, 5.41) is -0.0790. The largest absolute Gasteiger partial charge is 0.369 e. The van der Waals surface area contributed by atoms with Crippen LogP contribution in [-0.4, -0.2) is 35.5 Å². The minimum Gasteiger partial charge on any atom is -0.369 e. The number of carbonyl (C=O) groups excluding carboxylic acids is 1. The zero-order valence-electron chi connectivity index (χ0n) is 9.40. The number of aromatic nitrogens is 1. The van der Waals surface area contributed by atoms with Gasteiger partial charge in [-0.25, -0.2) is 4.79 Å². The molecule has 1 rings (SSSR count). The van der Waals surface area contributed by atoms with E-state index in [1.165, 1.54) is 30.8 Å². The SMILES string of the molecule is C#CCSCc1on(C(=O)N(C)C)c(=O)c1Cl. The van der Waals surface area contributed by atoms with Gasteiger partial charge < -0.3 is 9.42 Å². The second-order valence-corrected chi connectivity index (χ2v) is 4.67. The smallest absolute Gasteiger partial charge is 0.360 e.